The predicted octanol–water partition coefficient (Wildman–Crippen LogP) is 6.47. The van der Waals surface area contributed by atoms with Crippen molar-refractivity contribution in [3.05, 3.63) is 74.7 Å². The lowest BCUT2D eigenvalue weighted by molar-refractivity contribution is 0.0768. The van der Waals surface area contributed by atoms with Crippen LogP contribution in [-0.4, -0.2) is 43.6 Å². The SMILES string of the molecule is CCN(CC)C(=O)c1csc(CSc2nnc(-c3ccccc3Cl)n2-c2ccccc2Cl)n1. The quantitative estimate of drug-likeness (QED) is 0.250. The Morgan fingerprint density at radius 3 is 2.42 bits per heavy atom. The number of amides is 1. The van der Waals surface area contributed by atoms with Crippen LogP contribution in [0.3, 0.4) is 0 Å². The molecular weight excluding hydrogens is 497 g/mol. The lowest BCUT2D eigenvalue weighted by Gasteiger charge is -2.16. The van der Waals surface area contributed by atoms with Gasteiger partial charge in [0.2, 0.25) is 0 Å². The topological polar surface area (TPSA) is 63.9 Å². The van der Waals surface area contributed by atoms with Crippen LogP contribution in [0.5, 0.6) is 0 Å². The molecule has 0 aliphatic heterocycles. The Morgan fingerprint density at radius 1 is 1.03 bits per heavy atom. The standard InChI is InChI=1S/C23H21Cl2N5OS2/c1-3-29(4-2)22(31)18-13-32-20(26-18)14-33-23-28-27-21(15-9-5-6-10-16(15)24)30(23)19-12-8-7-11-17(19)25/h5-13H,3-4,14H2,1-2H3. The molecule has 2 aromatic heterocycles. The molecule has 0 saturated carbocycles. The van der Waals surface area contributed by atoms with Gasteiger partial charge in [-0.25, -0.2) is 4.98 Å². The molecule has 0 unspecified atom stereocenters. The Bertz CT molecular complexity index is 1270. The summed E-state index contributed by atoms with van der Waals surface area (Å²) in [6.45, 7) is 5.23. The molecular formula is C23H21Cl2N5OS2. The van der Waals surface area contributed by atoms with Crippen LogP contribution in [0.25, 0.3) is 17.1 Å². The molecule has 0 fully saturated rings. The molecule has 4 rings (SSSR count). The highest BCUT2D eigenvalue weighted by molar-refractivity contribution is 7.98. The molecule has 0 radical (unpaired) electrons. The molecule has 4 aromatic rings. The first-order chi connectivity index (χ1) is 16.0. The molecule has 33 heavy (non-hydrogen) atoms. The zero-order chi connectivity index (χ0) is 23.4. The Balaban J connectivity index is 1.65. The zero-order valence-corrected chi connectivity index (χ0v) is 21.2. The highest BCUT2D eigenvalue weighted by Gasteiger charge is 2.21. The van der Waals surface area contributed by atoms with Crippen LogP contribution in [0.2, 0.25) is 10.0 Å². The van der Waals surface area contributed by atoms with Gasteiger partial charge in [0.15, 0.2) is 11.0 Å². The average Bonchev–Trinajstić information content (AvgIpc) is 3.46. The third kappa shape index (κ3) is 5.09. The van der Waals surface area contributed by atoms with Gasteiger partial charge in [-0.3, -0.25) is 9.36 Å². The van der Waals surface area contributed by atoms with Crippen molar-refractivity contribution in [3.8, 4) is 17.1 Å². The fourth-order valence-electron chi connectivity index (χ4n) is 3.31. The van der Waals surface area contributed by atoms with Crippen LogP contribution in [0, 0.1) is 0 Å². The minimum absolute atomic E-state index is 0.0484. The van der Waals surface area contributed by atoms with Gasteiger partial charge in [0.05, 0.1) is 21.5 Å². The number of hydrogen-bond donors (Lipinski definition) is 0. The fraction of sp³-hybridized carbons (Fsp3) is 0.217. The minimum atomic E-state index is -0.0484. The van der Waals surface area contributed by atoms with E-state index in [0.29, 0.717) is 45.6 Å². The third-order valence-corrected chi connectivity index (χ3v) is 7.61. The Morgan fingerprint density at radius 2 is 1.73 bits per heavy atom. The second kappa shape index (κ2) is 10.7. The number of rotatable bonds is 8. The first-order valence-corrected chi connectivity index (χ1v) is 13.0. The second-order valence-corrected chi connectivity index (χ2v) is 9.67. The first kappa shape index (κ1) is 23.8. The van der Waals surface area contributed by atoms with E-state index in [-0.39, 0.29) is 5.91 Å². The second-order valence-electron chi connectivity index (χ2n) is 6.97. The summed E-state index contributed by atoms with van der Waals surface area (Å²) in [4.78, 5) is 18.9. The molecule has 0 bridgehead atoms. The van der Waals surface area contributed by atoms with Crippen LogP contribution in [-0.2, 0) is 5.75 Å². The summed E-state index contributed by atoms with van der Waals surface area (Å²) in [5.41, 5.74) is 2.00. The fourth-order valence-corrected chi connectivity index (χ4v) is 5.48. The number of carbonyl (C=O) groups excluding carboxylic acids is 1. The van der Waals surface area contributed by atoms with Crippen molar-refractivity contribution in [2.45, 2.75) is 24.8 Å². The van der Waals surface area contributed by atoms with Crippen LogP contribution in [0.4, 0.5) is 0 Å². The Labute approximate surface area is 210 Å². The van der Waals surface area contributed by atoms with Crippen molar-refractivity contribution >= 4 is 52.2 Å². The summed E-state index contributed by atoms with van der Waals surface area (Å²) >= 11 is 15.9. The molecule has 2 aromatic carbocycles. The molecule has 0 atom stereocenters. The molecule has 0 saturated heterocycles. The summed E-state index contributed by atoms with van der Waals surface area (Å²) in [6, 6.07) is 15.0. The normalized spacial score (nSPS) is 11.0. The molecule has 0 aliphatic carbocycles. The summed E-state index contributed by atoms with van der Waals surface area (Å²) in [7, 11) is 0. The van der Waals surface area contributed by atoms with Crippen molar-refractivity contribution < 1.29 is 4.79 Å². The van der Waals surface area contributed by atoms with E-state index >= 15 is 0 Å². The monoisotopic (exact) mass is 517 g/mol. The van der Waals surface area contributed by atoms with Crippen molar-refractivity contribution in [2.24, 2.45) is 0 Å². The number of aromatic nitrogens is 4. The summed E-state index contributed by atoms with van der Waals surface area (Å²) in [5, 5.41) is 13.3. The van der Waals surface area contributed by atoms with E-state index in [0.717, 1.165) is 16.3 Å². The van der Waals surface area contributed by atoms with Crippen molar-refractivity contribution in [2.75, 3.05) is 13.1 Å². The van der Waals surface area contributed by atoms with Gasteiger partial charge >= 0.3 is 0 Å². The lowest BCUT2D eigenvalue weighted by Crippen LogP contribution is -2.30. The number of carbonyl (C=O) groups is 1. The maximum atomic E-state index is 12.6. The number of benzene rings is 2. The van der Waals surface area contributed by atoms with Crippen LogP contribution < -0.4 is 0 Å². The van der Waals surface area contributed by atoms with Gasteiger partial charge in [0.1, 0.15) is 10.7 Å². The van der Waals surface area contributed by atoms with E-state index in [9.17, 15) is 4.79 Å². The maximum absolute atomic E-state index is 12.6. The molecule has 170 valence electrons. The van der Waals surface area contributed by atoms with E-state index in [4.69, 9.17) is 23.2 Å². The first-order valence-electron chi connectivity index (χ1n) is 10.3. The average molecular weight is 518 g/mol. The molecule has 0 N–H and O–H groups in total. The van der Waals surface area contributed by atoms with Gasteiger partial charge in [0, 0.05) is 24.0 Å². The van der Waals surface area contributed by atoms with Crippen LogP contribution in [0.1, 0.15) is 29.3 Å². The zero-order valence-electron chi connectivity index (χ0n) is 18.0. The summed E-state index contributed by atoms with van der Waals surface area (Å²) < 4.78 is 1.91. The van der Waals surface area contributed by atoms with Gasteiger partial charge < -0.3 is 4.90 Å². The van der Waals surface area contributed by atoms with Gasteiger partial charge in [-0.1, -0.05) is 59.2 Å². The van der Waals surface area contributed by atoms with Crippen molar-refractivity contribution in [3.63, 3.8) is 0 Å². The lowest BCUT2D eigenvalue weighted by atomic mass is 10.2. The molecule has 10 heteroatoms. The Kier molecular flexibility index (Phi) is 7.70. The van der Waals surface area contributed by atoms with Gasteiger partial charge in [-0.2, -0.15) is 0 Å². The number of thioether (sulfide) groups is 1. The molecule has 6 nitrogen and oxygen atoms in total. The molecule has 1 amide bonds. The molecule has 0 spiro atoms. The van der Waals surface area contributed by atoms with Crippen molar-refractivity contribution in [1.29, 1.82) is 0 Å². The van der Waals surface area contributed by atoms with Crippen LogP contribution >= 0.6 is 46.3 Å². The van der Waals surface area contributed by atoms with E-state index in [1.54, 1.807) is 4.90 Å². The summed E-state index contributed by atoms with van der Waals surface area (Å²) in [5.74, 6) is 1.10. The van der Waals surface area contributed by atoms with Gasteiger partial charge in [-0.15, -0.1) is 21.5 Å². The number of halogens is 2. The van der Waals surface area contributed by atoms with Gasteiger partial charge in [0.25, 0.3) is 5.91 Å². The van der Waals surface area contributed by atoms with E-state index in [1.165, 1.54) is 23.1 Å². The summed E-state index contributed by atoms with van der Waals surface area (Å²) in [6.07, 6.45) is 0. The van der Waals surface area contributed by atoms with E-state index < -0.39 is 0 Å². The molecule has 2 heterocycles. The smallest absolute Gasteiger partial charge is 0.273 e. The maximum Gasteiger partial charge on any atom is 0.273 e. The molecule has 0 aliphatic rings. The van der Waals surface area contributed by atoms with Crippen molar-refractivity contribution in [1.82, 2.24) is 24.6 Å². The number of para-hydroxylation sites is 1. The predicted molar refractivity (Wildman–Crippen MR) is 136 cm³/mol. The van der Waals surface area contributed by atoms with Crippen LogP contribution in [0.15, 0.2) is 59.1 Å². The number of hydrogen-bond acceptors (Lipinski definition) is 6. The third-order valence-electron chi connectivity index (χ3n) is 4.99. The largest absolute Gasteiger partial charge is 0.338 e. The highest BCUT2D eigenvalue weighted by Crippen LogP contribution is 2.35. The number of thiazole rings is 1. The Hall–Kier alpha value is -2.39. The number of nitrogens with zero attached hydrogens (tertiary/aromatic N) is 5. The van der Waals surface area contributed by atoms with E-state index in [2.05, 4.69) is 15.2 Å². The van der Waals surface area contributed by atoms with E-state index in [1.807, 2.05) is 72.3 Å². The van der Waals surface area contributed by atoms with Gasteiger partial charge in [-0.05, 0) is 38.1 Å². The minimum Gasteiger partial charge on any atom is -0.338 e. The highest BCUT2D eigenvalue weighted by atomic mass is 35.5.